The summed E-state index contributed by atoms with van der Waals surface area (Å²) in [5.74, 6) is 1.15. The van der Waals surface area contributed by atoms with E-state index in [9.17, 15) is 4.79 Å². The number of halogens is 1. The minimum atomic E-state index is -1.71. The van der Waals surface area contributed by atoms with E-state index in [2.05, 4.69) is 27.2 Å². The smallest absolute Gasteiger partial charge is 0.256 e. The third kappa shape index (κ3) is 5.87. The van der Waals surface area contributed by atoms with E-state index in [1.807, 2.05) is 84.9 Å². The number of aromatic nitrogens is 4. The molecule has 0 aliphatic carbocycles. The van der Waals surface area contributed by atoms with E-state index >= 15 is 4.39 Å². The summed E-state index contributed by atoms with van der Waals surface area (Å²) in [6.45, 7) is 4.17. The first-order chi connectivity index (χ1) is 23.9. The third-order valence-electron chi connectivity index (χ3n) is 8.65. The van der Waals surface area contributed by atoms with Gasteiger partial charge in [-0.1, -0.05) is 72.8 Å². The molecule has 6 aromatic rings. The van der Waals surface area contributed by atoms with Gasteiger partial charge in [0.25, 0.3) is 5.91 Å². The molecule has 1 radical (unpaired) electrons. The molecular weight excluding hydrogens is 625 g/mol. The Morgan fingerprint density at radius 3 is 1.98 bits per heavy atom. The number of carbonyl (C=O) groups is 1. The fraction of sp³-hybridized carbons (Fsp3) is 0.184. The fourth-order valence-corrected chi connectivity index (χ4v) is 6.19. The minimum Gasteiger partial charge on any atom is -0.497 e. The van der Waals surface area contributed by atoms with E-state index < -0.39 is 30.2 Å². The highest BCUT2D eigenvalue weighted by molar-refractivity contribution is 6.06. The molecule has 7 rings (SSSR count). The second-order valence-electron chi connectivity index (χ2n) is 11.5. The number of carbonyl (C=O) groups excluding carboxylic acids is 1. The molecular formula is C38H33FN5O5. The number of methoxy groups -OCH3 is 2. The Morgan fingerprint density at radius 1 is 0.816 bits per heavy atom. The van der Waals surface area contributed by atoms with Crippen LogP contribution in [-0.2, 0) is 15.1 Å². The van der Waals surface area contributed by atoms with Crippen LogP contribution in [-0.4, -0.2) is 58.0 Å². The molecule has 2 aromatic heterocycles. The number of rotatable bonds is 10. The lowest BCUT2D eigenvalue weighted by molar-refractivity contribution is -0.0830. The summed E-state index contributed by atoms with van der Waals surface area (Å²) < 4.78 is 42.5. The number of alkyl halides is 1. The van der Waals surface area contributed by atoms with Crippen molar-refractivity contribution in [3.8, 4) is 11.5 Å². The van der Waals surface area contributed by atoms with Gasteiger partial charge in [-0.3, -0.25) is 9.36 Å². The predicted molar refractivity (Wildman–Crippen MR) is 181 cm³/mol. The van der Waals surface area contributed by atoms with Crippen LogP contribution < -0.4 is 14.8 Å². The maximum Gasteiger partial charge on any atom is 0.256 e. The van der Waals surface area contributed by atoms with Crippen molar-refractivity contribution < 1.29 is 28.1 Å². The lowest BCUT2D eigenvalue weighted by Gasteiger charge is -2.39. The highest BCUT2D eigenvalue weighted by Crippen LogP contribution is 2.46. The van der Waals surface area contributed by atoms with Crippen LogP contribution in [0.1, 0.15) is 33.3 Å². The predicted octanol–water partition coefficient (Wildman–Crippen LogP) is 6.54. The third-order valence-corrected chi connectivity index (χ3v) is 8.65. The first-order valence-electron chi connectivity index (χ1n) is 15.6. The standard InChI is InChI=1S/C38H33FN5O5/c1-24-33(31(39)37(48-24)44-23-42-32-34(40-22-41-35(32)44)43-36(45)25-10-6-4-7-11-25)49-38(26-12-8-5-9-13-26,27-14-18-29(46-2)19-15-27)28-16-20-30(47-3)21-17-28/h4-24,31,33,37H,1H2,2-3H3,(H,40,41,43,45)/t24-,31-,33-,37-/m1/s1. The monoisotopic (exact) mass is 658 g/mol. The number of hydrogen-bond donors (Lipinski definition) is 1. The molecule has 49 heavy (non-hydrogen) atoms. The lowest BCUT2D eigenvalue weighted by atomic mass is 9.79. The van der Waals surface area contributed by atoms with Gasteiger partial charge in [0.15, 0.2) is 29.4 Å². The van der Waals surface area contributed by atoms with Crippen molar-refractivity contribution in [3.63, 3.8) is 0 Å². The topological polar surface area (TPSA) is 110 Å². The summed E-state index contributed by atoms with van der Waals surface area (Å²) in [4.78, 5) is 25.9. The van der Waals surface area contributed by atoms with E-state index in [0.29, 0.717) is 17.1 Å². The fourth-order valence-electron chi connectivity index (χ4n) is 6.19. The van der Waals surface area contributed by atoms with Crippen molar-refractivity contribution in [2.24, 2.45) is 0 Å². The van der Waals surface area contributed by atoms with Gasteiger partial charge >= 0.3 is 0 Å². The largest absolute Gasteiger partial charge is 0.497 e. The number of hydrogen-bond acceptors (Lipinski definition) is 8. The van der Waals surface area contributed by atoms with Crippen LogP contribution in [0.5, 0.6) is 11.5 Å². The second-order valence-corrected chi connectivity index (χ2v) is 11.5. The number of amides is 1. The SMILES string of the molecule is [CH2][C@H]1O[C@@H](n2cnc3c(NC(=O)c4ccccc4)ncnc32)[C@H](F)[C@@H]1OC(c1ccccc1)(c1ccc(OC)cc1)c1ccc(OC)cc1. The number of anilines is 1. The number of fused-ring (bicyclic) bond motifs is 1. The van der Waals surface area contributed by atoms with Crippen LogP contribution in [0, 0.1) is 6.92 Å². The summed E-state index contributed by atoms with van der Waals surface area (Å²) >= 11 is 0. The molecule has 4 atom stereocenters. The van der Waals surface area contributed by atoms with Gasteiger partial charge in [-0.05, 0) is 60.0 Å². The molecule has 0 unspecified atom stereocenters. The Labute approximate surface area is 282 Å². The second kappa shape index (κ2) is 13.5. The van der Waals surface area contributed by atoms with Gasteiger partial charge < -0.3 is 24.3 Å². The number of nitrogens with zero attached hydrogens (tertiary/aromatic N) is 4. The number of ether oxygens (including phenoxy) is 4. The lowest BCUT2D eigenvalue weighted by Crippen LogP contribution is -2.42. The Bertz CT molecular complexity index is 1990. The summed E-state index contributed by atoms with van der Waals surface area (Å²) in [5.41, 5.74) is 1.97. The van der Waals surface area contributed by atoms with Crippen molar-refractivity contribution in [1.29, 1.82) is 0 Å². The molecule has 10 nitrogen and oxygen atoms in total. The molecule has 1 saturated heterocycles. The average Bonchev–Trinajstić information content (AvgIpc) is 3.71. The molecule has 1 aliphatic rings. The van der Waals surface area contributed by atoms with Gasteiger partial charge in [-0.25, -0.2) is 19.3 Å². The minimum absolute atomic E-state index is 0.187. The first kappa shape index (κ1) is 31.9. The molecule has 247 valence electrons. The average molecular weight is 659 g/mol. The van der Waals surface area contributed by atoms with Crippen LogP contribution in [0.3, 0.4) is 0 Å². The molecule has 4 aromatic carbocycles. The van der Waals surface area contributed by atoms with Gasteiger partial charge in [-0.2, -0.15) is 0 Å². The van der Waals surface area contributed by atoms with Crippen molar-refractivity contribution >= 4 is 22.9 Å². The first-order valence-corrected chi connectivity index (χ1v) is 15.6. The molecule has 3 heterocycles. The van der Waals surface area contributed by atoms with Crippen LogP contribution in [0.2, 0.25) is 0 Å². The van der Waals surface area contributed by atoms with Gasteiger partial charge in [-0.15, -0.1) is 0 Å². The zero-order valence-electron chi connectivity index (χ0n) is 26.8. The van der Waals surface area contributed by atoms with E-state index in [1.54, 1.807) is 38.5 Å². The van der Waals surface area contributed by atoms with Gasteiger partial charge in [0.2, 0.25) is 0 Å². The summed E-state index contributed by atoms with van der Waals surface area (Å²) in [6, 6.07) is 33.3. The maximum atomic E-state index is 16.9. The van der Waals surface area contributed by atoms with Crippen molar-refractivity contribution in [2.45, 2.75) is 30.2 Å². The molecule has 0 spiro atoms. The Morgan fingerprint density at radius 2 is 1.39 bits per heavy atom. The van der Waals surface area contributed by atoms with Crippen LogP contribution in [0.15, 0.2) is 122 Å². The highest BCUT2D eigenvalue weighted by Gasteiger charge is 2.51. The molecule has 1 fully saturated rings. The van der Waals surface area contributed by atoms with Gasteiger partial charge in [0, 0.05) is 5.56 Å². The summed E-state index contributed by atoms with van der Waals surface area (Å²) in [6.07, 6.45) is -2.28. The molecule has 1 amide bonds. The van der Waals surface area contributed by atoms with E-state index in [-0.39, 0.29) is 22.9 Å². The Kier molecular flexibility index (Phi) is 8.77. The highest BCUT2D eigenvalue weighted by atomic mass is 19.1. The van der Waals surface area contributed by atoms with E-state index in [0.717, 1.165) is 16.7 Å². The quantitative estimate of drug-likeness (QED) is 0.165. The van der Waals surface area contributed by atoms with Crippen molar-refractivity contribution in [1.82, 2.24) is 19.5 Å². The Hall–Kier alpha value is -5.65. The Balaban J connectivity index is 1.27. The van der Waals surface area contributed by atoms with Gasteiger partial charge in [0.05, 0.1) is 26.7 Å². The maximum absolute atomic E-state index is 16.9. The molecule has 0 bridgehead atoms. The number of nitrogens with one attached hydrogen (secondary N) is 1. The summed E-state index contributed by atoms with van der Waals surface area (Å²) in [7, 11) is 3.20. The zero-order valence-corrected chi connectivity index (χ0v) is 26.8. The number of benzene rings is 4. The van der Waals surface area contributed by atoms with E-state index in [4.69, 9.17) is 18.9 Å². The number of imidazole rings is 1. The molecule has 1 N–H and O–H groups in total. The van der Waals surface area contributed by atoms with Crippen molar-refractivity contribution in [2.75, 3.05) is 19.5 Å². The normalized spacial score (nSPS) is 19.1. The van der Waals surface area contributed by atoms with Gasteiger partial charge in [0.1, 0.15) is 29.5 Å². The zero-order chi connectivity index (χ0) is 34.0. The molecule has 11 heteroatoms. The molecule has 0 saturated carbocycles. The van der Waals surface area contributed by atoms with Crippen LogP contribution in [0.25, 0.3) is 11.2 Å². The van der Waals surface area contributed by atoms with Crippen molar-refractivity contribution in [3.05, 3.63) is 151 Å². The van der Waals surface area contributed by atoms with E-state index in [1.165, 1.54) is 17.2 Å². The van der Waals surface area contributed by atoms with Crippen LogP contribution >= 0.6 is 0 Å². The van der Waals surface area contributed by atoms with Crippen LogP contribution in [0.4, 0.5) is 10.2 Å². The molecule has 1 aliphatic heterocycles. The summed E-state index contributed by atoms with van der Waals surface area (Å²) in [5, 5.41) is 2.78.